The summed E-state index contributed by atoms with van der Waals surface area (Å²) in [7, 11) is 2.12. The van der Waals surface area contributed by atoms with E-state index in [1.807, 2.05) is 12.1 Å². The Morgan fingerprint density at radius 1 is 0.939 bits per heavy atom. The van der Waals surface area contributed by atoms with E-state index in [9.17, 15) is 4.39 Å². The first kappa shape index (κ1) is 21.1. The summed E-state index contributed by atoms with van der Waals surface area (Å²) in [5.74, 6) is 1.35. The van der Waals surface area contributed by atoms with Crippen LogP contribution in [0.2, 0.25) is 0 Å². The number of aromatic nitrogens is 3. The number of fused-ring (bicyclic) bond motifs is 1. The summed E-state index contributed by atoms with van der Waals surface area (Å²) in [4.78, 5) is 19.7. The van der Waals surface area contributed by atoms with Crippen LogP contribution in [-0.4, -0.2) is 59.6 Å². The number of hydrogen-bond donors (Lipinski definition) is 1. The zero-order chi connectivity index (χ0) is 22.9. The van der Waals surface area contributed by atoms with Gasteiger partial charge in [0.25, 0.3) is 0 Å². The van der Waals surface area contributed by atoms with E-state index in [0.29, 0.717) is 12.1 Å². The lowest BCUT2D eigenvalue weighted by atomic mass is 9.95. The van der Waals surface area contributed by atoms with Gasteiger partial charge in [-0.15, -0.1) is 0 Å². The first-order chi connectivity index (χ1) is 16.0. The van der Waals surface area contributed by atoms with Gasteiger partial charge in [-0.3, -0.25) is 0 Å². The molecule has 0 aliphatic carbocycles. The Morgan fingerprint density at radius 2 is 1.70 bits per heavy atom. The van der Waals surface area contributed by atoms with Crippen LogP contribution in [0.3, 0.4) is 0 Å². The van der Waals surface area contributed by atoms with Crippen molar-refractivity contribution in [1.82, 2.24) is 19.9 Å². The van der Waals surface area contributed by atoms with Crippen molar-refractivity contribution in [2.24, 2.45) is 0 Å². The highest BCUT2D eigenvalue weighted by Crippen LogP contribution is 2.30. The zero-order valence-corrected chi connectivity index (χ0v) is 18.5. The standard InChI is InChI=1S/C24H25FN8/c1-31-6-8-32(9-7-31)22-12-23(30-24(27)29-22)33-5-4-16-2-3-17(10-19(16)15-33)18-11-20(25)21(13-26)28-14-18/h2-3,10-12,14H,4-9,15H2,1H3,(H2,27,29,30). The molecule has 1 aromatic carbocycles. The number of pyridine rings is 1. The Hall–Kier alpha value is -3.77. The topological polar surface area (TPSA) is 98.2 Å². The van der Waals surface area contributed by atoms with Crippen molar-refractivity contribution in [1.29, 1.82) is 5.26 Å². The number of nitrogens with two attached hydrogens (primary N) is 1. The summed E-state index contributed by atoms with van der Waals surface area (Å²) in [6.45, 7) is 5.31. The van der Waals surface area contributed by atoms with Crippen LogP contribution in [-0.2, 0) is 13.0 Å². The molecule has 4 heterocycles. The van der Waals surface area contributed by atoms with E-state index in [4.69, 9.17) is 11.0 Å². The second-order valence-corrected chi connectivity index (χ2v) is 8.55. The molecule has 9 heteroatoms. The quantitative estimate of drug-likeness (QED) is 0.658. The number of hydrogen-bond acceptors (Lipinski definition) is 8. The SMILES string of the molecule is CN1CCN(c2cc(N3CCc4ccc(-c5cnc(C#N)c(F)c5)cc4C3)nc(N)n2)CC1. The number of likely N-dealkylation sites (N-methyl/N-ethyl adjacent to an activating group) is 1. The second-order valence-electron chi connectivity index (χ2n) is 8.55. The molecule has 2 aliphatic heterocycles. The van der Waals surface area contributed by atoms with Gasteiger partial charge < -0.3 is 20.4 Å². The summed E-state index contributed by atoms with van der Waals surface area (Å²) in [6.07, 6.45) is 2.42. The summed E-state index contributed by atoms with van der Waals surface area (Å²) in [5.41, 5.74) is 9.82. The van der Waals surface area contributed by atoms with Gasteiger partial charge >= 0.3 is 0 Å². The third kappa shape index (κ3) is 4.30. The number of piperazine rings is 1. The summed E-state index contributed by atoms with van der Waals surface area (Å²) in [5, 5.41) is 8.93. The summed E-state index contributed by atoms with van der Waals surface area (Å²) < 4.78 is 14.1. The molecule has 33 heavy (non-hydrogen) atoms. The molecule has 0 amide bonds. The normalized spacial score (nSPS) is 16.4. The smallest absolute Gasteiger partial charge is 0.223 e. The number of nitriles is 1. The highest BCUT2D eigenvalue weighted by Gasteiger charge is 2.22. The highest BCUT2D eigenvalue weighted by molar-refractivity contribution is 5.65. The van der Waals surface area contributed by atoms with Gasteiger partial charge in [0.15, 0.2) is 11.5 Å². The van der Waals surface area contributed by atoms with Crippen molar-refractivity contribution in [3.05, 3.63) is 59.2 Å². The van der Waals surface area contributed by atoms with Gasteiger partial charge in [-0.1, -0.05) is 12.1 Å². The molecule has 5 rings (SSSR count). The molecule has 3 aromatic rings. The van der Waals surface area contributed by atoms with Gasteiger partial charge in [0.05, 0.1) is 0 Å². The van der Waals surface area contributed by atoms with Crippen molar-refractivity contribution >= 4 is 17.6 Å². The average molecular weight is 445 g/mol. The molecule has 0 spiro atoms. The fourth-order valence-electron chi connectivity index (χ4n) is 4.41. The number of nitrogen functional groups attached to an aromatic ring is 1. The molecule has 2 aliphatic rings. The molecule has 2 N–H and O–H groups in total. The Bertz CT molecular complexity index is 1230. The monoisotopic (exact) mass is 444 g/mol. The number of nitrogens with zero attached hydrogens (tertiary/aromatic N) is 7. The van der Waals surface area contributed by atoms with Crippen LogP contribution in [0.5, 0.6) is 0 Å². The van der Waals surface area contributed by atoms with E-state index in [1.165, 1.54) is 17.8 Å². The predicted octanol–water partition coefficient (Wildman–Crippen LogP) is 2.45. The van der Waals surface area contributed by atoms with E-state index in [2.05, 4.69) is 48.8 Å². The van der Waals surface area contributed by atoms with Gasteiger partial charge in [0, 0.05) is 57.1 Å². The van der Waals surface area contributed by atoms with Crippen molar-refractivity contribution in [3.8, 4) is 17.2 Å². The molecule has 0 saturated carbocycles. The highest BCUT2D eigenvalue weighted by atomic mass is 19.1. The second kappa shape index (κ2) is 8.64. The van der Waals surface area contributed by atoms with Gasteiger partial charge in [0.1, 0.15) is 17.7 Å². The van der Waals surface area contributed by atoms with Crippen molar-refractivity contribution in [2.75, 3.05) is 55.3 Å². The number of halogens is 1. The summed E-state index contributed by atoms with van der Waals surface area (Å²) in [6, 6.07) is 11.3. The number of benzene rings is 1. The van der Waals surface area contributed by atoms with E-state index in [1.54, 1.807) is 6.07 Å². The third-order valence-corrected chi connectivity index (χ3v) is 6.37. The van der Waals surface area contributed by atoms with Crippen molar-refractivity contribution in [2.45, 2.75) is 13.0 Å². The molecule has 2 aromatic heterocycles. The maximum Gasteiger partial charge on any atom is 0.223 e. The molecular formula is C24H25FN8. The molecule has 1 saturated heterocycles. The van der Waals surface area contributed by atoms with E-state index < -0.39 is 5.82 Å². The van der Waals surface area contributed by atoms with Gasteiger partial charge in [-0.05, 0) is 42.3 Å². The molecular weight excluding hydrogens is 419 g/mol. The molecule has 0 bridgehead atoms. The molecule has 0 unspecified atom stereocenters. The van der Waals surface area contributed by atoms with E-state index in [-0.39, 0.29) is 11.6 Å². The maximum atomic E-state index is 14.1. The van der Waals surface area contributed by atoms with E-state index in [0.717, 1.165) is 61.9 Å². The number of rotatable bonds is 3. The van der Waals surface area contributed by atoms with Crippen molar-refractivity contribution in [3.63, 3.8) is 0 Å². The minimum absolute atomic E-state index is 0.194. The van der Waals surface area contributed by atoms with Gasteiger partial charge in [0.2, 0.25) is 5.95 Å². The zero-order valence-electron chi connectivity index (χ0n) is 18.5. The van der Waals surface area contributed by atoms with Crippen molar-refractivity contribution < 1.29 is 4.39 Å². The Balaban J connectivity index is 1.40. The molecule has 168 valence electrons. The molecule has 8 nitrogen and oxygen atoms in total. The first-order valence-electron chi connectivity index (χ1n) is 11.0. The Labute approximate surface area is 192 Å². The Kier molecular flexibility index (Phi) is 5.52. The average Bonchev–Trinajstić information content (AvgIpc) is 2.83. The lowest BCUT2D eigenvalue weighted by molar-refractivity contribution is 0.312. The van der Waals surface area contributed by atoms with Crippen LogP contribution in [0.25, 0.3) is 11.1 Å². The van der Waals surface area contributed by atoms with Gasteiger partial charge in [-0.2, -0.15) is 15.2 Å². The van der Waals surface area contributed by atoms with E-state index >= 15 is 0 Å². The van der Waals surface area contributed by atoms with Crippen LogP contribution in [0, 0.1) is 17.1 Å². The number of anilines is 3. The lowest BCUT2D eigenvalue weighted by Gasteiger charge is -2.34. The van der Waals surface area contributed by atoms with Crippen LogP contribution in [0.15, 0.2) is 36.5 Å². The van der Waals surface area contributed by atoms with Crippen LogP contribution >= 0.6 is 0 Å². The lowest BCUT2D eigenvalue weighted by Crippen LogP contribution is -2.45. The minimum Gasteiger partial charge on any atom is -0.368 e. The van der Waals surface area contributed by atoms with Crippen LogP contribution in [0.4, 0.5) is 22.0 Å². The Morgan fingerprint density at radius 3 is 2.42 bits per heavy atom. The minimum atomic E-state index is -0.609. The van der Waals surface area contributed by atoms with Crippen LogP contribution < -0.4 is 15.5 Å². The van der Waals surface area contributed by atoms with Gasteiger partial charge in [-0.25, -0.2) is 9.37 Å². The predicted molar refractivity (Wildman–Crippen MR) is 125 cm³/mol. The third-order valence-electron chi connectivity index (χ3n) is 6.37. The molecule has 0 atom stereocenters. The molecule has 0 radical (unpaired) electrons. The largest absolute Gasteiger partial charge is 0.368 e. The first-order valence-corrected chi connectivity index (χ1v) is 11.0. The summed E-state index contributed by atoms with van der Waals surface area (Å²) >= 11 is 0. The molecule has 1 fully saturated rings. The fraction of sp³-hybridized carbons (Fsp3) is 0.333. The van der Waals surface area contributed by atoms with Crippen LogP contribution in [0.1, 0.15) is 16.8 Å². The maximum absolute atomic E-state index is 14.1. The fourth-order valence-corrected chi connectivity index (χ4v) is 4.41.